The van der Waals surface area contributed by atoms with Gasteiger partial charge in [-0.25, -0.2) is 4.39 Å². The van der Waals surface area contributed by atoms with E-state index in [1.807, 2.05) is 24.5 Å². The lowest BCUT2D eigenvalue weighted by Gasteiger charge is -2.39. The molecule has 0 saturated carbocycles. The summed E-state index contributed by atoms with van der Waals surface area (Å²) in [4.78, 5) is 10.9. The van der Waals surface area contributed by atoms with Crippen molar-refractivity contribution < 1.29 is 9.13 Å². The standard InChI is InChI=1S/C23H20Cl2FN3O/c24-16-9-15(10-17(25)11-16)22-20-13-27-6-3-21(20)23(30-22)4-7-29(8-5-23)14-19-2-1-18(26)12-28-19/h1-3,6,9-13,22H,4-5,7-8,14H2. The van der Waals surface area contributed by atoms with Crippen LogP contribution in [0.5, 0.6) is 0 Å². The lowest BCUT2D eigenvalue weighted by Crippen LogP contribution is -2.42. The molecule has 0 N–H and O–H groups in total. The van der Waals surface area contributed by atoms with Gasteiger partial charge in [-0.15, -0.1) is 0 Å². The molecule has 4 heterocycles. The number of piperidine rings is 1. The van der Waals surface area contributed by atoms with Crippen LogP contribution in [-0.4, -0.2) is 28.0 Å². The van der Waals surface area contributed by atoms with Gasteiger partial charge in [0, 0.05) is 47.6 Å². The van der Waals surface area contributed by atoms with Crippen LogP contribution in [-0.2, 0) is 16.9 Å². The lowest BCUT2D eigenvalue weighted by molar-refractivity contribution is -0.0979. The van der Waals surface area contributed by atoms with Gasteiger partial charge in [0.15, 0.2) is 0 Å². The fourth-order valence-corrected chi connectivity index (χ4v) is 5.09. The number of fused-ring (bicyclic) bond motifs is 2. The molecular weight excluding hydrogens is 424 g/mol. The van der Waals surface area contributed by atoms with Gasteiger partial charge in [0.25, 0.3) is 0 Å². The highest BCUT2D eigenvalue weighted by Crippen LogP contribution is 2.51. The maximum Gasteiger partial charge on any atom is 0.141 e. The molecule has 4 nitrogen and oxygen atoms in total. The van der Waals surface area contributed by atoms with Crippen LogP contribution >= 0.6 is 23.2 Å². The number of halogens is 3. The van der Waals surface area contributed by atoms with Gasteiger partial charge in [-0.1, -0.05) is 23.2 Å². The molecule has 5 rings (SSSR count). The highest BCUT2D eigenvalue weighted by Gasteiger charge is 2.47. The summed E-state index contributed by atoms with van der Waals surface area (Å²) in [5, 5.41) is 1.18. The summed E-state index contributed by atoms with van der Waals surface area (Å²) in [5.41, 5.74) is 3.72. The number of likely N-dealkylation sites (tertiary alicyclic amines) is 1. The Labute approximate surface area is 184 Å². The van der Waals surface area contributed by atoms with E-state index < -0.39 is 0 Å². The fraction of sp³-hybridized carbons (Fsp3) is 0.304. The quantitative estimate of drug-likeness (QED) is 0.532. The first-order valence-electron chi connectivity index (χ1n) is 9.93. The molecule has 1 fully saturated rings. The van der Waals surface area contributed by atoms with Crippen LogP contribution < -0.4 is 0 Å². The molecule has 3 aromatic rings. The van der Waals surface area contributed by atoms with Crippen LogP contribution in [0, 0.1) is 5.82 Å². The third-order valence-electron chi connectivity index (χ3n) is 5.99. The summed E-state index contributed by atoms with van der Waals surface area (Å²) in [6.45, 7) is 2.43. The Morgan fingerprint density at radius 1 is 1.07 bits per heavy atom. The first-order chi connectivity index (χ1) is 14.5. The molecule has 0 radical (unpaired) electrons. The summed E-state index contributed by atoms with van der Waals surface area (Å²) >= 11 is 12.5. The first-order valence-corrected chi connectivity index (χ1v) is 10.7. The highest BCUT2D eigenvalue weighted by atomic mass is 35.5. The molecule has 1 atom stereocenters. The van der Waals surface area contributed by atoms with Crippen molar-refractivity contribution >= 4 is 23.2 Å². The molecule has 1 spiro atoms. The minimum atomic E-state index is -0.357. The second-order valence-electron chi connectivity index (χ2n) is 7.90. The van der Waals surface area contributed by atoms with E-state index in [1.54, 1.807) is 12.1 Å². The van der Waals surface area contributed by atoms with E-state index in [0.717, 1.165) is 42.8 Å². The zero-order chi connectivity index (χ0) is 20.7. The van der Waals surface area contributed by atoms with E-state index in [-0.39, 0.29) is 17.5 Å². The Bertz CT molecular complexity index is 1050. The lowest BCUT2D eigenvalue weighted by atomic mass is 9.84. The first kappa shape index (κ1) is 19.9. The Morgan fingerprint density at radius 2 is 1.83 bits per heavy atom. The molecule has 1 unspecified atom stereocenters. The average molecular weight is 444 g/mol. The maximum atomic E-state index is 13.1. The number of aromatic nitrogens is 2. The topological polar surface area (TPSA) is 38.2 Å². The molecule has 7 heteroatoms. The Hall–Kier alpha value is -2.05. The van der Waals surface area contributed by atoms with E-state index >= 15 is 0 Å². The summed E-state index contributed by atoms with van der Waals surface area (Å²) in [7, 11) is 0. The second kappa shape index (κ2) is 7.89. The van der Waals surface area contributed by atoms with E-state index in [2.05, 4.69) is 20.9 Å². The van der Waals surface area contributed by atoms with Gasteiger partial charge < -0.3 is 4.74 Å². The molecule has 1 saturated heterocycles. The van der Waals surface area contributed by atoms with Crippen molar-refractivity contribution in [3.8, 4) is 0 Å². The Kier molecular flexibility index (Phi) is 5.23. The van der Waals surface area contributed by atoms with Crippen molar-refractivity contribution in [2.75, 3.05) is 13.1 Å². The molecule has 154 valence electrons. The van der Waals surface area contributed by atoms with Gasteiger partial charge in [0.1, 0.15) is 11.9 Å². The number of hydrogen-bond acceptors (Lipinski definition) is 4. The normalized spacial score (nSPS) is 20.4. The molecule has 30 heavy (non-hydrogen) atoms. The van der Waals surface area contributed by atoms with Gasteiger partial charge in [-0.05, 0) is 60.4 Å². The van der Waals surface area contributed by atoms with Crippen LogP contribution in [0.2, 0.25) is 10.0 Å². The smallest absolute Gasteiger partial charge is 0.141 e. The molecular formula is C23H20Cl2FN3O. The summed E-state index contributed by atoms with van der Waals surface area (Å²) in [6, 6.07) is 10.8. The average Bonchev–Trinajstić information content (AvgIpc) is 3.05. The fourth-order valence-electron chi connectivity index (χ4n) is 4.55. The highest BCUT2D eigenvalue weighted by molar-refractivity contribution is 6.34. The minimum Gasteiger partial charge on any atom is -0.357 e. The van der Waals surface area contributed by atoms with Gasteiger partial charge in [0.05, 0.1) is 17.5 Å². The molecule has 0 aliphatic carbocycles. The Balaban J connectivity index is 1.38. The van der Waals surface area contributed by atoms with Crippen molar-refractivity contribution in [2.24, 2.45) is 0 Å². The molecule has 2 aromatic heterocycles. The predicted octanol–water partition coefficient (Wildman–Crippen LogP) is 5.53. The van der Waals surface area contributed by atoms with Gasteiger partial charge in [-0.3, -0.25) is 14.9 Å². The number of nitrogens with zero attached hydrogens (tertiary/aromatic N) is 3. The van der Waals surface area contributed by atoms with E-state index in [4.69, 9.17) is 27.9 Å². The van der Waals surface area contributed by atoms with E-state index in [0.29, 0.717) is 16.6 Å². The summed E-state index contributed by atoms with van der Waals surface area (Å²) in [5.74, 6) is -0.312. The molecule has 0 bridgehead atoms. The van der Waals surface area contributed by atoms with Crippen LogP contribution in [0.25, 0.3) is 0 Å². The number of hydrogen-bond donors (Lipinski definition) is 0. The van der Waals surface area contributed by atoms with Crippen LogP contribution in [0.4, 0.5) is 4.39 Å². The molecule has 2 aliphatic heterocycles. The Morgan fingerprint density at radius 3 is 2.53 bits per heavy atom. The van der Waals surface area contributed by atoms with Crippen molar-refractivity contribution in [3.63, 3.8) is 0 Å². The van der Waals surface area contributed by atoms with Gasteiger partial charge >= 0.3 is 0 Å². The molecule has 2 aliphatic rings. The van der Waals surface area contributed by atoms with Crippen LogP contribution in [0.15, 0.2) is 55.0 Å². The number of rotatable bonds is 3. The number of ether oxygens (including phenoxy) is 1. The minimum absolute atomic E-state index is 0.241. The third-order valence-corrected chi connectivity index (χ3v) is 6.43. The van der Waals surface area contributed by atoms with E-state index in [9.17, 15) is 4.39 Å². The third kappa shape index (κ3) is 3.71. The van der Waals surface area contributed by atoms with Gasteiger partial charge in [-0.2, -0.15) is 0 Å². The second-order valence-corrected chi connectivity index (χ2v) is 8.77. The number of benzene rings is 1. The zero-order valence-corrected chi connectivity index (χ0v) is 17.7. The number of pyridine rings is 2. The van der Waals surface area contributed by atoms with Gasteiger partial charge in [0.2, 0.25) is 0 Å². The van der Waals surface area contributed by atoms with E-state index in [1.165, 1.54) is 17.8 Å². The molecule has 1 aromatic carbocycles. The maximum absolute atomic E-state index is 13.1. The van der Waals surface area contributed by atoms with Crippen LogP contribution in [0.3, 0.4) is 0 Å². The SMILES string of the molecule is Fc1ccc(CN2CCC3(CC2)OC(c2cc(Cl)cc(Cl)c2)c2cnccc23)nc1. The molecule has 0 amide bonds. The largest absolute Gasteiger partial charge is 0.357 e. The van der Waals surface area contributed by atoms with Crippen molar-refractivity contribution in [3.05, 3.63) is 93.2 Å². The van der Waals surface area contributed by atoms with Crippen molar-refractivity contribution in [1.29, 1.82) is 0 Å². The summed E-state index contributed by atoms with van der Waals surface area (Å²) in [6.07, 6.45) is 6.46. The van der Waals surface area contributed by atoms with Crippen molar-refractivity contribution in [2.45, 2.75) is 31.1 Å². The van der Waals surface area contributed by atoms with Crippen molar-refractivity contribution in [1.82, 2.24) is 14.9 Å². The monoisotopic (exact) mass is 443 g/mol. The predicted molar refractivity (Wildman–Crippen MR) is 114 cm³/mol. The zero-order valence-electron chi connectivity index (χ0n) is 16.2. The summed E-state index contributed by atoms with van der Waals surface area (Å²) < 4.78 is 19.8. The van der Waals surface area contributed by atoms with Crippen LogP contribution in [0.1, 0.15) is 41.3 Å².